The van der Waals surface area contributed by atoms with Gasteiger partial charge in [0.05, 0.1) is 40.8 Å². The summed E-state index contributed by atoms with van der Waals surface area (Å²) >= 11 is 0. The van der Waals surface area contributed by atoms with Crippen molar-refractivity contribution in [2.45, 2.75) is 87.0 Å². The summed E-state index contributed by atoms with van der Waals surface area (Å²) < 4.78 is 69.2. The molecule has 0 spiro atoms. The zero-order valence-corrected chi connectivity index (χ0v) is 29.4. The van der Waals surface area contributed by atoms with E-state index in [1.807, 2.05) is 37.1 Å². The Morgan fingerprint density at radius 3 is 2.53 bits per heavy atom. The molecule has 4 N–H and O–H groups in total. The molecule has 1 saturated heterocycles. The maximum absolute atomic E-state index is 13.0. The lowest BCUT2D eigenvalue weighted by molar-refractivity contribution is -0.382. The number of fused-ring (bicyclic) bond motifs is 1. The Bertz CT molecular complexity index is 1800. The first-order valence-corrected chi connectivity index (χ1v) is 19.4. The normalized spacial score (nSPS) is 17.0. The van der Waals surface area contributed by atoms with Gasteiger partial charge in [-0.3, -0.25) is 4.72 Å². The Hall–Kier alpha value is -3.28. The number of hydroxylamine groups is 2. The van der Waals surface area contributed by atoms with Crippen LogP contribution in [0.15, 0.2) is 70.5 Å². The Morgan fingerprint density at radius 1 is 0.959 bits per heavy atom. The number of nitrogens with two attached hydrogens (primary N) is 1. The van der Waals surface area contributed by atoms with E-state index in [0.29, 0.717) is 57.1 Å². The number of phenolic OH excluding ortho intramolecular Hbond substituents is 1. The molecule has 0 bridgehead atoms. The highest BCUT2D eigenvalue weighted by Crippen LogP contribution is 2.39. The predicted octanol–water partition coefficient (Wildman–Crippen LogP) is 4.79. The summed E-state index contributed by atoms with van der Waals surface area (Å²) in [4.78, 5) is 10.4. The van der Waals surface area contributed by atoms with Gasteiger partial charge in [-0.25, -0.2) is 26.9 Å². The van der Waals surface area contributed by atoms with Crippen molar-refractivity contribution >= 4 is 25.7 Å². The fourth-order valence-corrected chi connectivity index (χ4v) is 7.47. The Labute approximate surface area is 288 Å². The van der Waals surface area contributed by atoms with Crippen molar-refractivity contribution in [2.24, 2.45) is 5.14 Å². The van der Waals surface area contributed by atoms with E-state index in [9.17, 15) is 21.9 Å². The van der Waals surface area contributed by atoms with Crippen LogP contribution in [0.2, 0.25) is 0 Å². The molecule has 2 heterocycles. The molecule has 1 unspecified atom stereocenters. The molecule has 268 valence electrons. The van der Waals surface area contributed by atoms with Crippen LogP contribution in [-0.4, -0.2) is 65.2 Å². The molecule has 13 nitrogen and oxygen atoms in total. The van der Waals surface area contributed by atoms with Crippen molar-refractivity contribution in [3.63, 3.8) is 0 Å². The van der Waals surface area contributed by atoms with E-state index < -0.39 is 25.8 Å². The molecule has 5 rings (SSSR count). The SMILES string of the molecule is CC1(C)OCc2c(ccc(CCCC(CCOCCCCc3cccc(S(=O)(=O)Nc4cccc(S(N)(=O)=O)c4)c3)N3CCOO3)c2O)O1. The first kappa shape index (κ1) is 37.0. The number of aromatic hydroxyl groups is 1. The number of primary sulfonamides is 1. The first-order chi connectivity index (χ1) is 23.3. The maximum atomic E-state index is 13.0. The van der Waals surface area contributed by atoms with Crippen LogP contribution >= 0.6 is 0 Å². The van der Waals surface area contributed by atoms with Gasteiger partial charge in [0.25, 0.3) is 10.0 Å². The van der Waals surface area contributed by atoms with Gasteiger partial charge >= 0.3 is 0 Å². The molecule has 2 aliphatic heterocycles. The van der Waals surface area contributed by atoms with Gasteiger partial charge in [0.1, 0.15) is 11.5 Å². The van der Waals surface area contributed by atoms with Gasteiger partial charge in [0, 0.05) is 33.1 Å². The largest absolute Gasteiger partial charge is 0.507 e. The van der Waals surface area contributed by atoms with E-state index in [1.165, 1.54) is 30.3 Å². The van der Waals surface area contributed by atoms with Crippen LogP contribution in [0.5, 0.6) is 11.5 Å². The number of anilines is 1. The summed E-state index contributed by atoms with van der Waals surface area (Å²) in [7, 11) is -7.92. The van der Waals surface area contributed by atoms with Crippen molar-refractivity contribution in [2.75, 3.05) is 31.1 Å². The minimum absolute atomic E-state index is 0.0790. The third kappa shape index (κ3) is 10.4. The van der Waals surface area contributed by atoms with E-state index in [2.05, 4.69) is 4.72 Å². The van der Waals surface area contributed by atoms with Gasteiger partial charge < -0.3 is 19.3 Å². The number of hydrogen-bond acceptors (Lipinski definition) is 11. The second-order valence-electron chi connectivity index (χ2n) is 12.6. The lowest BCUT2D eigenvalue weighted by atomic mass is 9.99. The monoisotopic (exact) mass is 719 g/mol. The molecular formula is C34H45N3O10S2. The van der Waals surface area contributed by atoms with Gasteiger partial charge in [0.15, 0.2) is 0 Å². The summed E-state index contributed by atoms with van der Waals surface area (Å²) in [6.45, 7) is 6.28. The molecule has 1 atom stereocenters. The number of aryl methyl sites for hydroxylation is 2. The molecule has 1 fully saturated rings. The lowest BCUT2D eigenvalue weighted by Crippen LogP contribution is -2.35. The number of rotatable bonds is 17. The first-order valence-electron chi connectivity index (χ1n) is 16.4. The number of benzene rings is 3. The van der Waals surface area contributed by atoms with E-state index in [-0.39, 0.29) is 27.3 Å². The molecule has 0 radical (unpaired) electrons. The smallest absolute Gasteiger partial charge is 0.261 e. The van der Waals surface area contributed by atoms with E-state index in [4.69, 9.17) is 29.2 Å². The summed E-state index contributed by atoms with van der Waals surface area (Å²) in [6, 6.07) is 15.9. The minimum Gasteiger partial charge on any atom is -0.507 e. The summed E-state index contributed by atoms with van der Waals surface area (Å²) in [5.74, 6) is 0.158. The number of hydrogen-bond donors (Lipinski definition) is 3. The molecule has 2 aliphatic rings. The Balaban J connectivity index is 1.04. The van der Waals surface area contributed by atoms with Crippen molar-refractivity contribution in [3.8, 4) is 11.5 Å². The number of sulfonamides is 2. The van der Waals surface area contributed by atoms with E-state index >= 15 is 0 Å². The fraction of sp³-hybridized carbons (Fsp3) is 0.471. The Morgan fingerprint density at radius 2 is 1.76 bits per heavy atom. The second-order valence-corrected chi connectivity index (χ2v) is 15.9. The van der Waals surface area contributed by atoms with Gasteiger partial charge in [-0.05, 0) is 92.5 Å². The third-order valence-electron chi connectivity index (χ3n) is 8.40. The standard InChI is InChI=1S/C34H45N3O10S2/c1-34(2)44-24-31-32(46-34)16-15-26(33(31)38)10-6-12-28(37-18-21-45-47-37)17-20-43-19-4-3-8-25-9-5-14-30(22-25)49(41,42)36-27-11-7-13-29(23-27)48(35,39)40/h5,7,9,11,13-16,22-23,28,36,38H,3-4,6,8,10,12,17-21,24H2,1-2H3,(H2,35,39,40). The fourth-order valence-electron chi connectivity index (χ4n) is 5.79. The topological polar surface area (TPSA) is 176 Å². The van der Waals surface area contributed by atoms with Crippen LogP contribution in [0.3, 0.4) is 0 Å². The summed E-state index contributed by atoms with van der Waals surface area (Å²) in [6.07, 6.45) is 5.37. The van der Waals surface area contributed by atoms with Gasteiger partial charge in [-0.15, -0.1) is 4.99 Å². The second kappa shape index (κ2) is 16.2. The summed E-state index contributed by atoms with van der Waals surface area (Å²) in [5.41, 5.74) is 2.50. The van der Waals surface area contributed by atoms with Gasteiger partial charge in [-0.2, -0.15) is 5.06 Å². The molecule has 0 aliphatic carbocycles. The molecule has 15 heteroatoms. The molecule has 49 heavy (non-hydrogen) atoms. The van der Waals surface area contributed by atoms with Crippen molar-refractivity contribution in [1.82, 2.24) is 5.06 Å². The van der Waals surface area contributed by atoms with Crippen LogP contribution in [0.1, 0.15) is 62.6 Å². The Kier molecular flexibility index (Phi) is 12.2. The number of ether oxygens (including phenoxy) is 3. The van der Waals surface area contributed by atoms with Gasteiger partial charge in [0.2, 0.25) is 15.8 Å². The molecule has 3 aromatic carbocycles. The zero-order valence-electron chi connectivity index (χ0n) is 27.8. The van der Waals surface area contributed by atoms with Crippen LogP contribution in [0.4, 0.5) is 5.69 Å². The van der Waals surface area contributed by atoms with Crippen molar-refractivity contribution < 1.29 is 46.0 Å². The quantitative estimate of drug-likeness (QED) is 0.129. The highest BCUT2D eigenvalue weighted by molar-refractivity contribution is 7.92. The van der Waals surface area contributed by atoms with E-state index in [0.717, 1.165) is 43.2 Å². The van der Waals surface area contributed by atoms with Crippen LogP contribution in [0, 0.1) is 0 Å². The average molecular weight is 720 g/mol. The third-order valence-corrected chi connectivity index (χ3v) is 10.7. The minimum atomic E-state index is -3.97. The molecule has 0 saturated carbocycles. The maximum Gasteiger partial charge on any atom is 0.261 e. The van der Waals surface area contributed by atoms with Crippen molar-refractivity contribution in [3.05, 3.63) is 77.4 Å². The van der Waals surface area contributed by atoms with Crippen LogP contribution in [-0.2, 0) is 58.8 Å². The van der Waals surface area contributed by atoms with Crippen molar-refractivity contribution in [1.29, 1.82) is 0 Å². The van der Waals surface area contributed by atoms with Gasteiger partial charge in [-0.1, -0.05) is 24.3 Å². The molecule has 0 amide bonds. The number of nitrogens with zero attached hydrogens (tertiary/aromatic N) is 1. The highest BCUT2D eigenvalue weighted by Gasteiger charge is 2.30. The van der Waals surface area contributed by atoms with Crippen LogP contribution < -0.4 is 14.6 Å². The average Bonchev–Trinajstić information content (AvgIpc) is 3.59. The molecule has 0 aromatic heterocycles. The zero-order chi connectivity index (χ0) is 35.1. The molecular weight excluding hydrogens is 675 g/mol. The number of unbranched alkanes of at least 4 members (excludes halogenated alkanes) is 1. The lowest BCUT2D eigenvalue weighted by Gasteiger charge is -2.33. The summed E-state index contributed by atoms with van der Waals surface area (Å²) in [5, 5.41) is 17.9. The number of nitrogens with one attached hydrogen (secondary N) is 1. The molecule has 3 aromatic rings. The van der Waals surface area contributed by atoms with E-state index in [1.54, 1.807) is 12.1 Å². The van der Waals surface area contributed by atoms with Crippen LogP contribution in [0.25, 0.3) is 0 Å². The number of phenols is 1. The highest BCUT2D eigenvalue weighted by atomic mass is 32.2. The predicted molar refractivity (Wildman–Crippen MR) is 182 cm³/mol.